The van der Waals surface area contributed by atoms with Gasteiger partial charge in [-0.1, -0.05) is 19.1 Å². The van der Waals surface area contributed by atoms with Gasteiger partial charge in [-0.15, -0.1) is 5.10 Å². The van der Waals surface area contributed by atoms with Crippen LogP contribution in [0.2, 0.25) is 0 Å². The minimum absolute atomic E-state index is 0.134. The van der Waals surface area contributed by atoms with Crippen LogP contribution in [0, 0.1) is 5.92 Å². The number of piperidine rings is 1. The first kappa shape index (κ1) is 23.0. The van der Waals surface area contributed by atoms with Gasteiger partial charge in [0.2, 0.25) is 0 Å². The molecule has 0 spiro atoms. The summed E-state index contributed by atoms with van der Waals surface area (Å²) >= 11 is 0. The second-order valence-corrected chi connectivity index (χ2v) is 9.17. The first-order valence-corrected chi connectivity index (χ1v) is 11.9. The van der Waals surface area contributed by atoms with Crippen molar-refractivity contribution in [2.24, 2.45) is 5.92 Å². The summed E-state index contributed by atoms with van der Waals surface area (Å²) in [5.74, 6) is 2.84. The molecule has 0 bridgehead atoms. The molecule has 1 atom stereocenters. The number of fused-ring (bicyclic) bond motifs is 1. The first-order valence-electron chi connectivity index (χ1n) is 11.9. The lowest BCUT2D eigenvalue weighted by atomic mass is 9.95. The summed E-state index contributed by atoms with van der Waals surface area (Å²) < 4.78 is 12.5. The van der Waals surface area contributed by atoms with Crippen molar-refractivity contribution >= 4 is 10.9 Å². The monoisotopic (exact) mass is 474 g/mol. The zero-order chi connectivity index (χ0) is 24.4. The van der Waals surface area contributed by atoms with Gasteiger partial charge in [0.1, 0.15) is 17.5 Å². The van der Waals surface area contributed by atoms with E-state index in [1.807, 2.05) is 48.5 Å². The zero-order valence-corrected chi connectivity index (χ0v) is 20.3. The lowest BCUT2D eigenvalue weighted by Gasteiger charge is -2.35. The summed E-state index contributed by atoms with van der Waals surface area (Å²) in [4.78, 5) is 18.7. The number of tetrazole rings is 1. The fourth-order valence-corrected chi connectivity index (χ4v) is 4.74. The number of nitrogens with one attached hydrogen (secondary N) is 1. The SMILES string of the molecule is COc1ccc(Cn2nnnc2[C@@H](c2cc3cc(OC)ccc3[nH]c2=O)N2CCC(C)CC2)cc1. The number of nitrogens with zero attached hydrogens (tertiary/aromatic N) is 5. The summed E-state index contributed by atoms with van der Waals surface area (Å²) in [5.41, 5.74) is 2.31. The molecule has 1 saturated heterocycles. The van der Waals surface area contributed by atoms with Crippen LogP contribution in [-0.2, 0) is 6.54 Å². The Morgan fingerprint density at radius 1 is 1.03 bits per heavy atom. The number of likely N-dealkylation sites (tertiary alicyclic amines) is 1. The van der Waals surface area contributed by atoms with Crippen LogP contribution >= 0.6 is 0 Å². The van der Waals surface area contributed by atoms with Gasteiger partial charge >= 0.3 is 0 Å². The third kappa shape index (κ3) is 4.77. The van der Waals surface area contributed by atoms with E-state index in [1.54, 1.807) is 18.9 Å². The van der Waals surface area contributed by atoms with Crippen LogP contribution in [0.5, 0.6) is 11.5 Å². The number of hydrogen-bond acceptors (Lipinski definition) is 7. The van der Waals surface area contributed by atoms with E-state index in [0.717, 1.165) is 53.9 Å². The average molecular weight is 475 g/mol. The summed E-state index contributed by atoms with van der Waals surface area (Å²) in [6.07, 6.45) is 2.13. The smallest absolute Gasteiger partial charge is 0.253 e. The molecule has 4 aromatic rings. The Bertz CT molecular complexity index is 1360. The summed E-state index contributed by atoms with van der Waals surface area (Å²) in [6, 6.07) is 15.1. The van der Waals surface area contributed by atoms with Crippen LogP contribution in [0.1, 0.15) is 42.8 Å². The fraction of sp³-hybridized carbons (Fsp3) is 0.385. The molecule has 1 aliphatic heterocycles. The molecule has 9 heteroatoms. The maximum atomic E-state index is 13.4. The van der Waals surface area contributed by atoms with Crippen molar-refractivity contribution < 1.29 is 9.47 Å². The number of pyridine rings is 1. The van der Waals surface area contributed by atoms with Gasteiger partial charge in [0, 0.05) is 16.5 Å². The number of ether oxygens (including phenoxy) is 2. The molecule has 0 radical (unpaired) electrons. The Hall–Kier alpha value is -3.72. The lowest BCUT2D eigenvalue weighted by Crippen LogP contribution is -2.40. The van der Waals surface area contributed by atoms with Crippen molar-refractivity contribution in [3.63, 3.8) is 0 Å². The van der Waals surface area contributed by atoms with E-state index in [-0.39, 0.29) is 11.6 Å². The normalized spacial score (nSPS) is 15.9. The standard InChI is InChI=1S/C26H30N6O3/c1-17-10-12-31(13-11-17)24(22-15-19-14-21(35-3)8-9-23(19)27-26(22)33)25-28-29-30-32(25)16-18-4-6-20(34-2)7-5-18/h4-9,14-15,17,24H,10-13,16H2,1-3H3,(H,27,33)/t24-/m1/s1. The molecule has 1 aliphatic rings. The molecule has 2 aromatic carbocycles. The highest BCUT2D eigenvalue weighted by molar-refractivity contribution is 5.80. The van der Waals surface area contributed by atoms with Crippen LogP contribution in [0.15, 0.2) is 53.3 Å². The second-order valence-electron chi connectivity index (χ2n) is 9.17. The summed E-state index contributed by atoms with van der Waals surface area (Å²) in [6.45, 7) is 4.51. The van der Waals surface area contributed by atoms with Gasteiger partial charge in [-0.25, -0.2) is 4.68 Å². The molecular formula is C26H30N6O3. The minimum Gasteiger partial charge on any atom is -0.497 e. The van der Waals surface area contributed by atoms with Gasteiger partial charge in [0.15, 0.2) is 5.82 Å². The van der Waals surface area contributed by atoms with Crippen molar-refractivity contribution in [1.29, 1.82) is 0 Å². The van der Waals surface area contributed by atoms with Crippen LogP contribution in [-0.4, -0.2) is 57.4 Å². The molecule has 0 unspecified atom stereocenters. The predicted molar refractivity (Wildman–Crippen MR) is 133 cm³/mol. The highest BCUT2D eigenvalue weighted by Gasteiger charge is 2.32. The number of aromatic amines is 1. The van der Waals surface area contributed by atoms with E-state index in [0.29, 0.717) is 23.9 Å². The van der Waals surface area contributed by atoms with E-state index < -0.39 is 0 Å². The van der Waals surface area contributed by atoms with Crippen LogP contribution < -0.4 is 15.0 Å². The van der Waals surface area contributed by atoms with Crippen molar-refractivity contribution in [2.75, 3.05) is 27.3 Å². The van der Waals surface area contributed by atoms with E-state index in [9.17, 15) is 4.79 Å². The molecule has 3 heterocycles. The van der Waals surface area contributed by atoms with Gasteiger partial charge < -0.3 is 14.5 Å². The molecule has 0 aliphatic carbocycles. The Morgan fingerprint density at radius 3 is 2.46 bits per heavy atom. The number of aromatic nitrogens is 5. The van der Waals surface area contributed by atoms with Gasteiger partial charge in [-0.05, 0) is 84.2 Å². The quantitative estimate of drug-likeness (QED) is 0.438. The zero-order valence-electron chi connectivity index (χ0n) is 20.3. The van der Waals surface area contributed by atoms with Crippen molar-refractivity contribution in [1.82, 2.24) is 30.1 Å². The number of H-pyrrole nitrogens is 1. The number of methoxy groups -OCH3 is 2. The maximum Gasteiger partial charge on any atom is 0.253 e. The largest absolute Gasteiger partial charge is 0.497 e. The fourth-order valence-electron chi connectivity index (χ4n) is 4.74. The third-order valence-corrected chi connectivity index (χ3v) is 6.85. The minimum atomic E-state index is -0.366. The Balaban J connectivity index is 1.58. The van der Waals surface area contributed by atoms with Gasteiger partial charge in [0.25, 0.3) is 5.56 Å². The maximum absolute atomic E-state index is 13.4. The number of rotatable bonds is 7. The molecule has 1 fully saturated rings. The molecule has 35 heavy (non-hydrogen) atoms. The summed E-state index contributed by atoms with van der Waals surface area (Å²) in [7, 11) is 3.29. The van der Waals surface area contributed by atoms with Crippen LogP contribution in [0.3, 0.4) is 0 Å². The molecule has 2 aromatic heterocycles. The number of benzene rings is 2. The Kier molecular flexibility index (Phi) is 6.50. The lowest BCUT2D eigenvalue weighted by molar-refractivity contribution is 0.149. The highest BCUT2D eigenvalue weighted by Crippen LogP contribution is 2.31. The molecule has 9 nitrogen and oxygen atoms in total. The van der Waals surface area contributed by atoms with E-state index >= 15 is 0 Å². The van der Waals surface area contributed by atoms with Gasteiger partial charge in [-0.2, -0.15) is 0 Å². The third-order valence-electron chi connectivity index (χ3n) is 6.85. The van der Waals surface area contributed by atoms with E-state index in [2.05, 4.69) is 32.3 Å². The first-order chi connectivity index (χ1) is 17.1. The van der Waals surface area contributed by atoms with E-state index in [1.165, 1.54) is 0 Å². The van der Waals surface area contributed by atoms with Gasteiger partial charge in [-0.3, -0.25) is 9.69 Å². The Labute approximate surface area is 203 Å². The molecule has 0 saturated carbocycles. The van der Waals surface area contributed by atoms with Crippen molar-refractivity contribution in [3.05, 3.63) is 75.8 Å². The molecule has 5 rings (SSSR count). The number of hydrogen-bond donors (Lipinski definition) is 1. The topological polar surface area (TPSA) is 98.2 Å². The summed E-state index contributed by atoms with van der Waals surface area (Å²) in [5, 5.41) is 13.6. The van der Waals surface area contributed by atoms with Crippen molar-refractivity contribution in [2.45, 2.75) is 32.4 Å². The molecule has 0 amide bonds. The second kappa shape index (κ2) is 9.87. The van der Waals surface area contributed by atoms with Crippen LogP contribution in [0.25, 0.3) is 10.9 Å². The predicted octanol–water partition coefficient (Wildman–Crippen LogP) is 3.40. The van der Waals surface area contributed by atoms with Crippen molar-refractivity contribution in [3.8, 4) is 11.5 Å². The molecule has 1 N–H and O–H groups in total. The van der Waals surface area contributed by atoms with Crippen LogP contribution in [0.4, 0.5) is 0 Å². The average Bonchev–Trinajstić information content (AvgIpc) is 3.33. The highest BCUT2D eigenvalue weighted by atomic mass is 16.5. The van der Waals surface area contributed by atoms with E-state index in [4.69, 9.17) is 9.47 Å². The molecule has 182 valence electrons. The molecular weight excluding hydrogens is 444 g/mol. The van der Waals surface area contributed by atoms with Gasteiger partial charge in [0.05, 0.1) is 20.8 Å². The Morgan fingerprint density at radius 2 is 1.74 bits per heavy atom.